The van der Waals surface area contributed by atoms with Crippen LogP contribution < -0.4 is 10.1 Å². The summed E-state index contributed by atoms with van der Waals surface area (Å²) in [6.45, 7) is 3.46. The van der Waals surface area contributed by atoms with E-state index in [-0.39, 0.29) is 0 Å². The van der Waals surface area contributed by atoms with Crippen LogP contribution in [0, 0.1) is 0 Å². The van der Waals surface area contributed by atoms with Gasteiger partial charge in [-0.2, -0.15) is 0 Å². The molecule has 19 heavy (non-hydrogen) atoms. The second-order valence-corrected chi connectivity index (χ2v) is 4.85. The van der Waals surface area contributed by atoms with Crippen LogP contribution in [0.2, 0.25) is 0 Å². The van der Waals surface area contributed by atoms with Crippen LogP contribution in [-0.4, -0.2) is 17.8 Å². The van der Waals surface area contributed by atoms with Crippen molar-refractivity contribution in [3.63, 3.8) is 0 Å². The molecule has 0 aliphatic carbocycles. The van der Waals surface area contributed by atoms with Crippen molar-refractivity contribution >= 4 is 17.4 Å². The Hall–Kier alpha value is -1.68. The molecule has 1 aromatic heterocycles. The molecule has 1 aromatic carbocycles. The average Bonchev–Trinajstić information content (AvgIpc) is 2.46. The quantitative estimate of drug-likeness (QED) is 0.812. The van der Waals surface area contributed by atoms with Crippen LogP contribution in [0.3, 0.4) is 0 Å². The number of benzene rings is 1. The molecule has 0 amide bonds. The van der Waals surface area contributed by atoms with Gasteiger partial charge in [-0.05, 0) is 37.4 Å². The Morgan fingerprint density at radius 2 is 2.11 bits per heavy atom. The van der Waals surface area contributed by atoms with Gasteiger partial charge < -0.3 is 10.1 Å². The summed E-state index contributed by atoms with van der Waals surface area (Å²) in [6, 6.07) is 12.0. The second-order valence-electron chi connectivity index (χ2n) is 4.01. The highest BCUT2D eigenvalue weighted by Gasteiger charge is 2.03. The summed E-state index contributed by atoms with van der Waals surface area (Å²) in [5.74, 6) is 0.908. The van der Waals surface area contributed by atoms with Gasteiger partial charge in [-0.1, -0.05) is 12.1 Å². The van der Waals surface area contributed by atoms with Gasteiger partial charge >= 0.3 is 0 Å². The number of ether oxygens (including phenoxy) is 1. The van der Waals surface area contributed by atoms with Crippen molar-refractivity contribution in [3.8, 4) is 5.75 Å². The Labute approximate surface area is 118 Å². The van der Waals surface area contributed by atoms with Crippen LogP contribution in [0.4, 0.5) is 5.69 Å². The van der Waals surface area contributed by atoms with Crippen molar-refractivity contribution in [1.29, 1.82) is 0 Å². The van der Waals surface area contributed by atoms with Crippen molar-refractivity contribution in [2.75, 3.05) is 18.1 Å². The Balaban J connectivity index is 2.03. The summed E-state index contributed by atoms with van der Waals surface area (Å²) < 4.78 is 5.84. The lowest BCUT2D eigenvalue weighted by Crippen LogP contribution is -2.02. The number of para-hydroxylation sites is 1. The number of aromatic nitrogens is 1. The molecular weight excluding hydrogens is 256 g/mol. The fourth-order valence-corrected chi connectivity index (χ4v) is 2.30. The first-order chi connectivity index (χ1) is 9.33. The predicted octanol–water partition coefficient (Wildman–Crippen LogP) is 3.81. The van der Waals surface area contributed by atoms with E-state index < -0.39 is 0 Å². The van der Waals surface area contributed by atoms with E-state index >= 15 is 0 Å². The number of anilines is 1. The molecule has 2 aromatic rings. The smallest absolute Gasteiger partial charge is 0.133 e. The monoisotopic (exact) mass is 274 g/mol. The standard InChI is InChI=1S/C15H18N2OS/c1-3-16-12-8-9-17-13(10-12)11-18-14-6-4-5-7-15(14)19-2/h4-10H,3,11H2,1-2H3,(H,16,17). The molecule has 3 nitrogen and oxygen atoms in total. The minimum atomic E-state index is 0.483. The third-order valence-corrected chi connectivity index (χ3v) is 3.42. The topological polar surface area (TPSA) is 34.2 Å². The Kier molecular flexibility index (Phi) is 5.10. The molecule has 0 bridgehead atoms. The number of thioether (sulfide) groups is 1. The molecule has 4 heteroatoms. The molecule has 0 aliphatic rings. The zero-order valence-electron chi connectivity index (χ0n) is 11.2. The van der Waals surface area contributed by atoms with Crippen molar-refractivity contribution in [2.24, 2.45) is 0 Å². The molecule has 0 spiro atoms. The van der Waals surface area contributed by atoms with Crippen LogP contribution in [0.5, 0.6) is 5.75 Å². The molecular formula is C15H18N2OS. The maximum atomic E-state index is 5.84. The molecule has 2 rings (SSSR count). The molecule has 0 unspecified atom stereocenters. The van der Waals surface area contributed by atoms with E-state index in [1.54, 1.807) is 18.0 Å². The molecule has 0 aliphatic heterocycles. The largest absolute Gasteiger partial charge is 0.486 e. The lowest BCUT2D eigenvalue weighted by molar-refractivity contribution is 0.294. The molecule has 1 N–H and O–H groups in total. The zero-order valence-corrected chi connectivity index (χ0v) is 12.0. The molecule has 1 heterocycles. The van der Waals surface area contributed by atoms with Crippen LogP contribution >= 0.6 is 11.8 Å². The number of hydrogen-bond acceptors (Lipinski definition) is 4. The minimum absolute atomic E-state index is 0.483. The van der Waals surface area contributed by atoms with E-state index in [0.29, 0.717) is 6.61 Å². The lowest BCUT2D eigenvalue weighted by atomic mass is 10.3. The van der Waals surface area contributed by atoms with E-state index in [1.165, 1.54) is 0 Å². The maximum absolute atomic E-state index is 5.84. The Morgan fingerprint density at radius 3 is 2.89 bits per heavy atom. The SMILES string of the molecule is CCNc1ccnc(COc2ccccc2SC)c1. The van der Waals surface area contributed by atoms with E-state index in [1.807, 2.05) is 36.6 Å². The van der Waals surface area contributed by atoms with Crippen molar-refractivity contribution in [2.45, 2.75) is 18.4 Å². The Bertz CT molecular complexity index is 531. The fourth-order valence-electron chi connectivity index (χ4n) is 1.76. The second kappa shape index (κ2) is 7.04. The molecule has 0 atom stereocenters. The Morgan fingerprint density at radius 1 is 1.26 bits per heavy atom. The number of nitrogens with zero attached hydrogens (tertiary/aromatic N) is 1. The molecule has 0 fully saturated rings. The van der Waals surface area contributed by atoms with Gasteiger partial charge in [-0.3, -0.25) is 4.98 Å². The molecule has 0 saturated heterocycles. The summed E-state index contributed by atoms with van der Waals surface area (Å²) in [5.41, 5.74) is 2.00. The summed E-state index contributed by atoms with van der Waals surface area (Å²) >= 11 is 1.68. The lowest BCUT2D eigenvalue weighted by Gasteiger charge is -2.10. The van der Waals surface area contributed by atoms with E-state index in [0.717, 1.165) is 28.6 Å². The molecule has 100 valence electrons. The minimum Gasteiger partial charge on any atom is -0.486 e. The van der Waals surface area contributed by atoms with Gasteiger partial charge in [0, 0.05) is 23.3 Å². The van der Waals surface area contributed by atoms with Crippen molar-refractivity contribution in [3.05, 3.63) is 48.3 Å². The van der Waals surface area contributed by atoms with Crippen LogP contribution in [0.1, 0.15) is 12.6 Å². The highest BCUT2D eigenvalue weighted by Crippen LogP contribution is 2.27. The predicted molar refractivity (Wildman–Crippen MR) is 81.0 cm³/mol. The van der Waals surface area contributed by atoms with Crippen LogP contribution in [-0.2, 0) is 6.61 Å². The highest BCUT2D eigenvalue weighted by molar-refractivity contribution is 7.98. The van der Waals surface area contributed by atoms with E-state index in [4.69, 9.17) is 4.74 Å². The number of hydrogen-bond donors (Lipinski definition) is 1. The summed E-state index contributed by atoms with van der Waals surface area (Å²) in [4.78, 5) is 5.46. The van der Waals surface area contributed by atoms with Gasteiger partial charge in [0.25, 0.3) is 0 Å². The number of rotatable bonds is 6. The summed E-state index contributed by atoms with van der Waals surface area (Å²) in [6.07, 6.45) is 3.85. The van der Waals surface area contributed by atoms with Gasteiger partial charge in [0.1, 0.15) is 12.4 Å². The summed E-state index contributed by atoms with van der Waals surface area (Å²) in [7, 11) is 0. The van der Waals surface area contributed by atoms with E-state index in [2.05, 4.69) is 23.3 Å². The fraction of sp³-hybridized carbons (Fsp3) is 0.267. The number of nitrogens with one attached hydrogen (secondary N) is 1. The number of pyridine rings is 1. The first kappa shape index (κ1) is 13.7. The maximum Gasteiger partial charge on any atom is 0.133 e. The molecule has 0 saturated carbocycles. The van der Waals surface area contributed by atoms with Gasteiger partial charge in [0.15, 0.2) is 0 Å². The normalized spacial score (nSPS) is 10.2. The van der Waals surface area contributed by atoms with Crippen LogP contribution in [0.15, 0.2) is 47.5 Å². The highest BCUT2D eigenvalue weighted by atomic mass is 32.2. The first-order valence-electron chi connectivity index (χ1n) is 6.28. The zero-order chi connectivity index (χ0) is 13.5. The summed E-state index contributed by atoms with van der Waals surface area (Å²) in [5, 5.41) is 3.27. The third kappa shape index (κ3) is 3.89. The van der Waals surface area contributed by atoms with Gasteiger partial charge in [0.05, 0.1) is 5.69 Å². The third-order valence-electron chi connectivity index (χ3n) is 2.64. The first-order valence-corrected chi connectivity index (χ1v) is 7.50. The molecule has 0 radical (unpaired) electrons. The van der Waals surface area contributed by atoms with Gasteiger partial charge in [0.2, 0.25) is 0 Å². The van der Waals surface area contributed by atoms with Crippen molar-refractivity contribution < 1.29 is 4.74 Å². The van der Waals surface area contributed by atoms with E-state index in [9.17, 15) is 0 Å². The van der Waals surface area contributed by atoms with Crippen molar-refractivity contribution in [1.82, 2.24) is 4.98 Å². The van der Waals surface area contributed by atoms with Crippen LogP contribution in [0.25, 0.3) is 0 Å². The van der Waals surface area contributed by atoms with Gasteiger partial charge in [-0.25, -0.2) is 0 Å². The van der Waals surface area contributed by atoms with Gasteiger partial charge in [-0.15, -0.1) is 11.8 Å². The average molecular weight is 274 g/mol.